The van der Waals surface area contributed by atoms with Crippen molar-refractivity contribution in [3.63, 3.8) is 0 Å². The fourth-order valence-corrected chi connectivity index (χ4v) is 1.74. The molecule has 0 aromatic carbocycles. The molecule has 1 aliphatic rings. The molecule has 0 bridgehead atoms. The van der Waals surface area contributed by atoms with E-state index in [0.29, 0.717) is 6.61 Å². The Balaban J connectivity index is 2.28. The third-order valence-electron chi connectivity index (χ3n) is 2.48. The smallest absolute Gasteiger partial charge is 0.248 e. The van der Waals surface area contributed by atoms with Crippen molar-refractivity contribution in [1.29, 1.82) is 0 Å². The maximum Gasteiger partial charge on any atom is 0.248 e. The van der Waals surface area contributed by atoms with E-state index in [4.69, 9.17) is 9.84 Å². The van der Waals surface area contributed by atoms with Gasteiger partial charge in [0.15, 0.2) is 0 Å². The highest BCUT2D eigenvalue weighted by molar-refractivity contribution is 5.78. The quantitative estimate of drug-likeness (QED) is 0.655. The monoisotopic (exact) mass is 201 g/mol. The van der Waals surface area contributed by atoms with Crippen LogP contribution in [0.15, 0.2) is 0 Å². The molecule has 4 nitrogen and oxygen atoms in total. The van der Waals surface area contributed by atoms with Gasteiger partial charge in [-0.2, -0.15) is 0 Å². The van der Waals surface area contributed by atoms with Gasteiger partial charge in [0.05, 0.1) is 12.6 Å². The Hall–Kier alpha value is -0.610. The first-order valence-electron chi connectivity index (χ1n) is 5.27. The van der Waals surface area contributed by atoms with E-state index >= 15 is 0 Å². The SMILES string of the molecule is CCCOCC(=O)N1CCC[C@H]1CO. The van der Waals surface area contributed by atoms with E-state index in [0.717, 1.165) is 25.8 Å². The number of carbonyl (C=O) groups excluding carboxylic acids is 1. The van der Waals surface area contributed by atoms with Crippen LogP contribution in [-0.4, -0.2) is 48.3 Å². The normalized spacial score (nSPS) is 21.6. The first kappa shape index (κ1) is 11.5. The van der Waals surface area contributed by atoms with Crippen LogP contribution in [0.3, 0.4) is 0 Å². The number of aliphatic hydroxyl groups is 1. The Bertz CT molecular complexity index is 184. The third kappa shape index (κ3) is 2.96. The van der Waals surface area contributed by atoms with E-state index in [9.17, 15) is 4.79 Å². The molecule has 1 aliphatic heterocycles. The zero-order valence-corrected chi connectivity index (χ0v) is 8.74. The number of hydrogen-bond acceptors (Lipinski definition) is 3. The number of ether oxygens (including phenoxy) is 1. The van der Waals surface area contributed by atoms with Crippen LogP contribution in [0.1, 0.15) is 26.2 Å². The zero-order valence-electron chi connectivity index (χ0n) is 8.74. The number of likely N-dealkylation sites (tertiary alicyclic amines) is 1. The van der Waals surface area contributed by atoms with Gasteiger partial charge in [-0.05, 0) is 19.3 Å². The van der Waals surface area contributed by atoms with E-state index < -0.39 is 0 Å². The molecule has 82 valence electrons. The van der Waals surface area contributed by atoms with E-state index in [-0.39, 0.29) is 25.2 Å². The molecule has 0 aliphatic carbocycles. The van der Waals surface area contributed by atoms with Crippen LogP contribution in [0, 0.1) is 0 Å². The first-order chi connectivity index (χ1) is 6.79. The molecule has 0 spiro atoms. The van der Waals surface area contributed by atoms with Crippen molar-refractivity contribution in [2.75, 3.05) is 26.4 Å². The van der Waals surface area contributed by atoms with Crippen LogP contribution in [0.25, 0.3) is 0 Å². The van der Waals surface area contributed by atoms with E-state index in [2.05, 4.69) is 0 Å². The predicted molar refractivity (Wildman–Crippen MR) is 52.9 cm³/mol. The second kappa shape index (κ2) is 5.98. The van der Waals surface area contributed by atoms with Crippen molar-refractivity contribution in [2.24, 2.45) is 0 Å². The zero-order chi connectivity index (χ0) is 10.4. The summed E-state index contributed by atoms with van der Waals surface area (Å²) in [5.41, 5.74) is 0. The van der Waals surface area contributed by atoms with Crippen molar-refractivity contribution < 1.29 is 14.6 Å². The summed E-state index contributed by atoms with van der Waals surface area (Å²) in [5.74, 6) is 0.00926. The van der Waals surface area contributed by atoms with Crippen molar-refractivity contribution in [3.05, 3.63) is 0 Å². The first-order valence-corrected chi connectivity index (χ1v) is 5.27. The Morgan fingerprint density at radius 3 is 3.07 bits per heavy atom. The van der Waals surface area contributed by atoms with Crippen molar-refractivity contribution >= 4 is 5.91 Å². The van der Waals surface area contributed by atoms with Crippen LogP contribution in [0.4, 0.5) is 0 Å². The van der Waals surface area contributed by atoms with Gasteiger partial charge in [0.25, 0.3) is 0 Å². The van der Waals surface area contributed by atoms with Crippen LogP contribution in [-0.2, 0) is 9.53 Å². The molecule has 1 rings (SSSR count). The van der Waals surface area contributed by atoms with Gasteiger partial charge in [0, 0.05) is 13.2 Å². The molecule has 1 amide bonds. The van der Waals surface area contributed by atoms with E-state index in [1.54, 1.807) is 4.90 Å². The van der Waals surface area contributed by atoms with Gasteiger partial charge in [-0.15, -0.1) is 0 Å². The van der Waals surface area contributed by atoms with Gasteiger partial charge in [-0.25, -0.2) is 0 Å². The number of rotatable bonds is 5. The van der Waals surface area contributed by atoms with E-state index in [1.807, 2.05) is 6.92 Å². The third-order valence-corrected chi connectivity index (χ3v) is 2.48. The Morgan fingerprint density at radius 2 is 2.43 bits per heavy atom. The van der Waals surface area contributed by atoms with Gasteiger partial charge < -0.3 is 14.7 Å². The highest BCUT2D eigenvalue weighted by atomic mass is 16.5. The second-order valence-electron chi connectivity index (χ2n) is 3.62. The van der Waals surface area contributed by atoms with Crippen molar-refractivity contribution in [2.45, 2.75) is 32.2 Å². The molecular formula is C10H19NO3. The highest BCUT2D eigenvalue weighted by Gasteiger charge is 2.27. The number of nitrogens with zero attached hydrogens (tertiary/aromatic N) is 1. The lowest BCUT2D eigenvalue weighted by molar-refractivity contribution is -0.137. The molecule has 0 aromatic rings. The molecule has 0 aromatic heterocycles. The number of aliphatic hydroxyl groups excluding tert-OH is 1. The minimum Gasteiger partial charge on any atom is -0.394 e. The summed E-state index contributed by atoms with van der Waals surface area (Å²) in [4.78, 5) is 13.3. The van der Waals surface area contributed by atoms with Gasteiger partial charge in [0.2, 0.25) is 5.91 Å². The molecule has 1 N–H and O–H groups in total. The topological polar surface area (TPSA) is 49.8 Å². The summed E-state index contributed by atoms with van der Waals surface area (Å²) < 4.78 is 5.18. The summed E-state index contributed by atoms with van der Waals surface area (Å²) >= 11 is 0. The van der Waals surface area contributed by atoms with Gasteiger partial charge >= 0.3 is 0 Å². The lowest BCUT2D eigenvalue weighted by Crippen LogP contribution is -2.39. The molecule has 0 unspecified atom stereocenters. The maximum absolute atomic E-state index is 11.6. The number of amides is 1. The van der Waals surface area contributed by atoms with Crippen LogP contribution in [0.5, 0.6) is 0 Å². The number of hydrogen-bond donors (Lipinski definition) is 1. The lowest BCUT2D eigenvalue weighted by atomic mass is 10.2. The molecule has 14 heavy (non-hydrogen) atoms. The molecule has 0 saturated carbocycles. The van der Waals surface area contributed by atoms with Crippen LogP contribution < -0.4 is 0 Å². The molecule has 4 heteroatoms. The summed E-state index contributed by atoms with van der Waals surface area (Å²) in [6.45, 7) is 3.63. The minimum absolute atomic E-state index is 0.00926. The predicted octanol–water partition coefficient (Wildman–Crippen LogP) is 0.396. The van der Waals surface area contributed by atoms with Crippen LogP contribution >= 0.6 is 0 Å². The Kier molecular flexibility index (Phi) is 4.90. The lowest BCUT2D eigenvalue weighted by Gasteiger charge is -2.22. The minimum atomic E-state index is 0.00926. The van der Waals surface area contributed by atoms with Gasteiger partial charge in [-0.1, -0.05) is 6.92 Å². The second-order valence-corrected chi connectivity index (χ2v) is 3.62. The van der Waals surface area contributed by atoms with Gasteiger partial charge in [0.1, 0.15) is 6.61 Å². The van der Waals surface area contributed by atoms with Crippen molar-refractivity contribution in [1.82, 2.24) is 4.90 Å². The average molecular weight is 201 g/mol. The molecule has 1 saturated heterocycles. The highest BCUT2D eigenvalue weighted by Crippen LogP contribution is 2.16. The Morgan fingerprint density at radius 1 is 1.64 bits per heavy atom. The summed E-state index contributed by atoms with van der Waals surface area (Å²) in [6.07, 6.45) is 2.83. The molecular weight excluding hydrogens is 182 g/mol. The van der Waals surface area contributed by atoms with E-state index in [1.165, 1.54) is 0 Å². The fraction of sp³-hybridized carbons (Fsp3) is 0.900. The molecule has 1 atom stereocenters. The van der Waals surface area contributed by atoms with Crippen LogP contribution in [0.2, 0.25) is 0 Å². The summed E-state index contributed by atoms with van der Waals surface area (Å²) in [5, 5.41) is 9.02. The summed E-state index contributed by atoms with van der Waals surface area (Å²) in [7, 11) is 0. The largest absolute Gasteiger partial charge is 0.394 e. The van der Waals surface area contributed by atoms with Crippen molar-refractivity contribution in [3.8, 4) is 0 Å². The average Bonchev–Trinajstić information content (AvgIpc) is 2.65. The summed E-state index contributed by atoms with van der Waals surface area (Å²) in [6, 6.07) is 0.0210. The number of carbonyl (C=O) groups is 1. The molecule has 0 radical (unpaired) electrons. The Labute approximate surface area is 84.8 Å². The standard InChI is InChI=1S/C10H19NO3/c1-2-6-14-8-10(13)11-5-3-4-9(11)7-12/h9,12H,2-8H2,1H3/t9-/m0/s1. The molecule has 1 fully saturated rings. The molecule has 1 heterocycles. The fourth-order valence-electron chi connectivity index (χ4n) is 1.74. The van der Waals surface area contributed by atoms with Gasteiger partial charge in [-0.3, -0.25) is 4.79 Å². The maximum atomic E-state index is 11.6.